The molecule has 3 heteroatoms. The van der Waals surface area contributed by atoms with Crippen molar-refractivity contribution in [2.45, 2.75) is 39.2 Å². The summed E-state index contributed by atoms with van der Waals surface area (Å²) >= 11 is 0. The molecule has 0 aliphatic rings. The zero-order valence-corrected chi connectivity index (χ0v) is 11.8. The van der Waals surface area contributed by atoms with Crippen LogP contribution in [0.2, 0.25) is 0 Å². The zero-order chi connectivity index (χ0) is 13.6. The van der Waals surface area contributed by atoms with Gasteiger partial charge in [0.15, 0.2) is 0 Å². The highest BCUT2D eigenvalue weighted by molar-refractivity contribution is 5.67. The number of rotatable bonds is 5. The fourth-order valence-electron chi connectivity index (χ4n) is 1.42. The van der Waals surface area contributed by atoms with E-state index in [0.29, 0.717) is 6.54 Å². The molecular formula is C15H23NO2. The van der Waals surface area contributed by atoms with E-state index >= 15 is 0 Å². The fraction of sp³-hybridized carbons (Fsp3) is 0.533. The molecule has 100 valence electrons. The first-order chi connectivity index (χ1) is 8.44. The Balaban J connectivity index is 2.41. The van der Waals surface area contributed by atoms with Crippen LogP contribution in [-0.2, 0) is 11.2 Å². The zero-order valence-electron chi connectivity index (χ0n) is 11.8. The van der Waals surface area contributed by atoms with Crippen LogP contribution in [0.3, 0.4) is 0 Å². The quantitative estimate of drug-likeness (QED) is 0.799. The largest absolute Gasteiger partial charge is 0.443 e. The lowest BCUT2D eigenvalue weighted by Gasteiger charge is -2.27. The minimum Gasteiger partial charge on any atom is -0.443 e. The molecule has 3 nitrogen and oxygen atoms in total. The summed E-state index contributed by atoms with van der Waals surface area (Å²) < 4.78 is 5.42. The number of hydrogen-bond donors (Lipinski definition) is 0. The van der Waals surface area contributed by atoms with Gasteiger partial charge in [0.1, 0.15) is 5.60 Å². The molecule has 0 spiro atoms. The second-order valence-corrected chi connectivity index (χ2v) is 5.14. The summed E-state index contributed by atoms with van der Waals surface area (Å²) in [5.74, 6) is 0. The molecule has 0 radical (unpaired) electrons. The van der Waals surface area contributed by atoms with Crippen molar-refractivity contribution in [3.05, 3.63) is 35.9 Å². The van der Waals surface area contributed by atoms with E-state index in [9.17, 15) is 4.79 Å². The van der Waals surface area contributed by atoms with Crippen LogP contribution >= 0.6 is 0 Å². The van der Waals surface area contributed by atoms with Crippen LogP contribution in [-0.4, -0.2) is 30.2 Å². The minimum atomic E-state index is -0.391. The smallest absolute Gasteiger partial charge is 0.410 e. The number of likely N-dealkylation sites (N-methyl/N-ethyl adjacent to an activating group) is 1. The molecule has 1 aromatic carbocycles. The van der Waals surface area contributed by atoms with Gasteiger partial charge in [-0.1, -0.05) is 37.3 Å². The van der Waals surface area contributed by atoms with Gasteiger partial charge in [-0.15, -0.1) is 0 Å². The van der Waals surface area contributed by atoms with Gasteiger partial charge in [0.2, 0.25) is 0 Å². The number of nitrogens with zero attached hydrogens (tertiary/aromatic N) is 1. The second kappa shape index (κ2) is 6.43. The van der Waals surface area contributed by atoms with Crippen LogP contribution < -0.4 is 0 Å². The lowest BCUT2D eigenvalue weighted by molar-refractivity contribution is 0.0159. The number of hydrogen-bond acceptors (Lipinski definition) is 2. The van der Waals surface area contributed by atoms with Gasteiger partial charge < -0.3 is 9.64 Å². The van der Waals surface area contributed by atoms with Crippen molar-refractivity contribution in [2.75, 3.05) is 13.6 Å². The molecule has 0 unspecified atom stereocenters. The summed E-state index contributed by atoms with van der Waals surface area (Å²) in [6.45, 7) is 6.53. The van der Waals surface area contributed by atoms with E-state index < -0.39 is 5.60 Å². The maximum absolute atomic E-state index is 11.8. The van der Waals surface area contributed by atoms with Gasteiger partial charge in [-0.3, -0.25) is 0 Å². The number of ether oxygens (including phenoxy) is 1. The molecule has 0 aromatic heterocycles. The van der Waals surface area contributed by atoms with E-state index in [-0.39, 0.29) is 6.09 Å². The maximum Gasteiger partial charge on any atom is 0.410 e. The van der Waals surface area contributed by atoms with Crippen LogP contribution in [0.15, 0.2) is 30.3 Å². The molecule has 1 rings (SSSR count). The van der Waals surface area contributed by atoms with Gasteiger partial charge in [-0.2, -0.15) is 0 Å². The van der Waals surface area contributed by atoms with Crippen molar-refractivity contribution < 1.29 is 9.53 Å². The molecule has 0 atom stereocenters. The Morgan fingerprint density at radius 2 is 1.89 bits per heavy atom. The topological polar surface area (TPSA) is 29.5 Å². The second-order valence-electron chi connectivity index (χ2n) is 5.14. The highest BCUT2D eigenvalue weighted by atomic mass is 16.6. The van der Waals surface area contributed by atoms with Crippen LogP contribution in [0.4, 0.5) is 4.79 Å². The SMILES string of the molecule is CCC(C)(C)OC(=O)N(C)CCc1ccccc1. The summed E-state index contributed by atoms with van der Waals surface area (Å²) in [5.41, 5.74) is 0.838. The average molecular weight is 249 g/mol. The van der Waals surface area contributed by atoms with Crippen LogP contribution in [0, 0.1) is 0 Å². The van der Waals surface area contributed by atoms with E-state index in [0.717, 1.165) is 12.8 Å². The average Bonchev–Trinajstić information content (AvgIpc) is 2.36. The molecule has 1 aromatic rings. The first-order valence-corrected chi connectivity index (χ1v) is 6.42. The van der Waals surface area contributed by atoms with E-state index in [1.54, 1.807) is 11.9 Å². The molecule has 0 heterocycles. The van der Waals surface area contributed by atoms with Crippen molar-refractivity contribution in [3.63, 3.8) is 0 Å². The van der Waals surface area contributed by atoms with Crippen molar-refractivity contribution in [1.82, 2.24) is 4.90 Å². The third-order valence-electron chi connectivity index (χ3n) is 3.11. The molecule has 0 bridgehead atoms. The van der Waals surface area contributed by atoms with Crippen LogP contribution in [0.5, 0.6) is 0 Å². The first kappa shape index (κ1) is 14.6. The predicted octanol–water partition coefficient (Wildman–Crippen LogP) is 3.49. The van der Waals surface area contributed by atoms with E-state index in [4.69, 9.17) is 4.74 Å². The molecule has 1 amide bonds. The van der Waals surface area contributed by atoms with Gasteiger partial charge in [0.25, 0.3) is 0 Å². The molecule has 18 heavy (non-hydrogen) atoms. The van der Waals surface area contributed by atoms with Gasteiger partial charge >= 0.3 is 6.09 Å². The van der Waals surface area contributed by atoms with Crippen molar-refractivity contribution in [2.24, 2.45) is 0 Å². The van der Waals surface area contributed by atoms with Gasteiger partial charge in [-0.05, 0) is 32.3 Å². The Morgan fingerprint density at radius 3 is 2.44 bits per heavy atom. The van der Waals surface area contributed by atoms with Gasteiger partial charge in [0.05, 0.1) is 0 Å². The van der Waals surface area contributed by atoms with Crippen LogP contribution in [0.1, 0.15) is 32.8 Å². The molecule has 0 aliphatic heterocycles. The summed E-state index contributed by atoms with van der Waals surface area (Å²) in [5, 5.41) is 0. The Labute approximate surface area is 110 Å². The van der Waals surface area contributed by atoms with Crippen molar-refractivity contribution in [1.29, 1.82) is 0 Å². The number of carbonyl (C=O) groups excluding carboxylic acids is 1. The normalized spacial score (nSPS) is 11.1. The predicted molar refractivity (Wildman–Crippen MR) is 73.6 cm³/mol. The molecular weight excluding hydrogens is 226 g/mol. The van der Waals surface area contributed by atoms with Gasteiger partial charge in [-0.25, -0.2) is 4.79 Å². The van der Waals surface area contributed by atoms with Crippen LogP contribution in [0.25, 0.3) is 0 Å². The Bertz CT molecular complexity index is 373. The number of amides is 1. The highest BCUT2D eigenvalue weighted by Crippen LogP contribution is 2.15. The minimum absolute atomic E-state index is 0.252. The lowest BCUT2D eigenvalue weighted by Crippen LogP contribution is -2.36. The summed E-state index contributed by atoms with van der Waals surface area (Å²) in [6, 6.07) is 10.1. The molecule has 0 saturated carbocycles. The van der Waals surface area contributed by atoms with E-state index in [1.165, 1.54) is 5.56 Å². The molecule has 0 saturated heterocycles. The maximum atomic E-state index is 11.8. The highest BCUT2D eigenvalue weighted by Gasteiger charge is 2.22. The summed E-state index contributed by atoms with van der Waals surface area (Å²) in [7, 11) is 1.77. The van der Waals surface area contributed by atoms with Gasteiger partial charge in [0, 0.05) is 13.6 Å². The standard InChI is InChI=1S/C15H23NO2/c1-5-15(2,3)18-14(17)16(4)12-11-13-9-7-6-8-10-13/h6-10H,5,11-12H2,1-4H3. The lowest BCUT2D eigenvalue weighted by atomic mass is 10.1. The summed E-state index contributed by atoms with van der Waals surface area (Å²) in [6.07, 6.45) is 1.40. The Morgan fingerprint density at radius 1 is 1.28 bits per heavy atom. The molecule has 0 fully saturated rings. The van der Waals surface area contributed by atoms with E-state index in [2.05, 4.69) is 12.1 Å². The Kier molecular flexibility index (Phi) is 5.20. The van der Waals surface area contributed by atoms with E-state index in [1.807, 2.05) is 39.0 Å². The first-order valence-electron chi connectivity index (χ1n) is 6.42. The molecule has 0 aliphatic carbocycles. The third kappa shape index (κ3) is 4.78. The monoisotopic (exact) mass is 249 g/mol. The third-order valence-corrected chi connectivity index (χ3v) is 3.11. The fourth-order valence-corrected chi connectivity index (χ4v) is 1.42. The van der Waals surface area contributed by atoms with Crippen molar-refractivity contribution in [3.8, 4) is 0 Å². The Hall–Kier alpha value is -1.51. The molecule has 0 N–H and O–H groups in total. The van der Waals surface area contributed by atoms with Crippen molar-refractivity contribution >= 4 is 6.09 Å². The summed E-state index contributed by atoms with van der Waals surface area (Å²) in [4.78, 5) is 13.5. The number of benzene rings is 1. The number of carbonyl (C=O) groups is 1.